The fraction of sp³-hybridized carbons (Fsp3) is 0.643. The lowest BCUT2D eigenvalue weighted by molar-refractivity contribution is 0.311. The normalized spacial score (nSPS) is 16.4. The van der Waals surface area contributed by atoms with Gasteiger partial charge in [0.15, 0.2) is 5.82 Å². The highest BCUT2D eigenvalue weighted by atomic mass is 15.3. The summed E-state index contributed by atoms with van der Waals surface area (Å²) in [6, 6.07) is 0. The maximum atomic E-state index is 7.92. The predicted octanol–water partition coefficient (Wildman–Crippen LogP) is 0.637. The largest absolute Gasteiger partial charge is 0.384 e. The molecule has 110 valence electrons. The first kappa shape index (κ1) is 14.7. The minimum absolute atomic E-state index is 0.0976. The van der Waals surface area contributed by atoms with Gasteiger partial charge >= 0.3 is 0 Å². The van der Waals surface area contributed by atoms with Crippen molar-refractivity contribution in [1.29, 1.82) is 5.41 Å². The number of rotatable bonds is 4. The molecule has 0 aliphatic carbocycles. The summed E-state index contributed by atoms with van der Waals surface area (Å²) in [5.41, 5.74) is 8.64. The Morgan fingerprint density at radius 1 is 1.15 bits per heavy atom. The summed E-state index contributed by atoms with van der Waals surface area (Å²) in [5.74, 6) is 0.875. The van der Waals surface area contributed by atoms with Crippen molar-refractivity contribution in [3.63, 3.8) is 0 Å². The zero-order chi connectivity index (χ0) is 14.7. The highest BCUT2D eigenvalue weighted by Crippen LogP contribution is 2.24. The maximum Gasteiger partial charge on any atom is 0.162 e. The molecule has 20 heavy (non-hydrogen) atoms. The van der Waals surface area contributed by atoms with E-state index in [0.29, 0.717) is 0 Å². The summed E-state index contributed by atoms with van der Waals surface area (Å²) in [7, 11) is 2.12. The molecule has 1 aliphatic heterocycles. The topological polar surface area (TPSA) is 82.1 Å². The van der Waals surface area contributed by atoms with Crippen LogP contribution in [0, 0.1) is 5.41 Å². The van der Waals surface area contributed by atoms with E-state index in [2.05, 4.69) is 40.9 Å². The monoisotopic (exact) mass is 276 g/mol. The molecule has 1 aliphatic rings. The SMILES string of the molecule is CCc1nnc(N2CCN(C)CC2)c(C(=N)N)c1CC. The van der Waals surface area contributed by atoms with Crippen LogP contribution in [0.3, 0.4) is 0 Å². The van der Waals surface area contributed by atoms with Gasteiger partial charge in [0.05, 0.1) is 11.3 Å². The minimum atomic E-state index is 0.0976. The molecule has 2 rings (SSSR count). The second kappa shape index (κ2) is 6.17. The molecule has 0 aromatic carbocycles. The first-order chi connectivity index (χ1) is 9.58. The van der Waals surface area contributed by atoms with E-state index in [-0.39, 0.29) is 5.84 Å². The number of nitrogens with zero attached hydrogens (tertiary/aromatic N) is 4. The third-order valence-electron chi connectivity index (χ3n) is 3.90. The van der Waals surface area contributed by atoms with Gasteiger partial charge in [0.2, 0.25) is 0 Å². The minimum Gasteiger partial charge on any atom is -0.384 e. The van der Waals surface area contributed by atoms with Crippen molar-refractivity contribution in [1.82, 2.24) is 15.1 Å². The van der Waals surface area contributed by atoms with E-state index >= 15 is 0 Å². The standard InChI is InChI=1S/C14H24N6/c1-4-10-11(5-2)17-18-14(12(10)13(15)16)20-8-6-19(3)7-9-20/h4-9H2,1-3H3,(H3,15,16). The number of piperazine rings is 1. The highest BCUT2D eigenvalue weighted by molar-refractivity contribution is 6.01. The predicted molar refractivity (Wildman–Crippen MR) is 81.5 cm³/mol. The van der Waals surface area contributed by atoms with Gasteiger partial charge in [-0.3, -0.25) is 5.41 Å². The van der Waals surface area contributed by atoms with Crippen molar-refractivity contribution >= 4 is 11.7 Å². The van der Waals surface area contributed by atoms with E-state index in [1.165, 1.54) is 0 Å². The van der Waals surface area contributed by atoms with E-state index in [4.69, 9.17) is 11.1 Å². The number of nitrogen functional groups attached to an aromatic ring is 1. The molecule has 0 spiro atoms. The van der Waals surface area contributed by atoms with Crippen molar-refractivity contribution in [3.8, 4) is 0 Å². The Labute approximate surface area is 120 Å². The molecule has 0 saturated carbocycles. The molecule has 0 atom stereocenters. The van der Waals surface area contributed by atoms with E-state index in [1.807, 2.05) is 0 Å². The summed E-state index contributed by atoms with van der Waals surface area (Å²) in [4.78, 5) is 4.49. The number of likely N-dealkylation sites (N-methyl/N-ethyl adjacent to an activating group) is 1. The van der Waals surface area contributed by atoms with Crippen LogP contribution < -0.4 is 10.6 Å². The number of aromatic nitrogens is 2. The van der Waals surface area contributed by atoms with Gasteiger partial charge in [-0.05, 0) is 25.5 Å². The van der Waals surface area contributed by atoms with Crippen LogP contribution in [0.2, 0.25) is 0 Å². The first-order valence-electron chi connectivity index (χ1n) is 7.24. The van der Waals surface area contributed by atoms with Crippen LogP contribution in [-0.2, 0) is 12.8 Å². The molecule has 0 bridgehead atoms. The molecule has 3 N–H and O–H groups in total. The summed E-state index contributed by atoms with van der Waals surface area (Å²) >= 11 is 0. The Hall–Kier alpha value is -1.69. The number of anilines is 1. The fourth-order valence-electron chi connectivity index (χ4n) is 2.68. The van der Waals surface area contributed by atoms with Crippen molar-refractivity contribution < 1.29 is 0 Å². The quantitative estimate of drug-likeness (QED) is 0.623. The van der Waals surface area contributed by atoms with Gasteiger partial charge in [-0.15, -0.1) is 5.10 Å². The second-order valence-corrected chi connectivity index (χ2v) is 5.23. The van der Waals surface area contributed by atoms with Crippen LogP contribution in [0.5, 0.6) is 0 Å². The van der Waals surface area contributed by atoms with E-state index < -0.39 is 0 Å². The van der Waals surface area contributed by atoms with Crippen LogP contribution in [0.25, 0.3) is 0 Å². The lowest BCUT2D eigenvalue weighted by atomic mass is 10.0. The Morgan fingerprint density at radius 3 is 2.30 bits per heavy atom. The van der Waals surface area contributed by atoms with Crippen LogP contribution in [0.15, 0.2) is 0 Å². The van der Waals surface area contributed by atoms with Crippen LogP contribution >= 0.6 is 0 Å². The third kappa shape index (κ3) is 2.75. The van der Waals surface area contributed by atoms with Crippen molar-refractivity contribution in [2.45, 2.75) is 26.7 Å². The number of hydrogen-bond donors (Lipinski definition) is 2. The summed E-state index contributed by atoms with van der Waals surface area (Å²) in [6.07, 6.45) is 1.65. The molecule has 6 nitrogen and oxygen atoms in total. The zero-order valence-corrected chi connectivity index (χ0v) is 12.6. The Kier molecular flexibility index (Phi) is 4.54. The molecule has 6 heteroatoms. The van der Waals surface area contributed by atoms with Crippen molar-refractivity contribution in [2.75, 3.05) is 38.1 Å². The molecular formula is C14H24N6. The van der Waals surface area contributed by atoms with Gasteiger partial charge in [0, 0.05) is 26.2 Å². The van der Waals surface area contributed by atoms with Gasteiger partial charge in [-0.2, -0.15) is 5.10 Å². The Balaban J connectivity index is 2.44. The lowest BCUT2D eigenvalue weighted by Gasteiger charge is -2.34. The summed E-state index contributed by atoms with van der Waals surface area (Å²) in [5, 5.41) is 16.6. The summed E-state index contributed by atoms with van der Waals surface area (Å²) < 4.78 is 0. The van der Waals surface area contributed by atoms with E-state index in [0.717, 1.165) is 61.7 Å². The molecule has 0 radical (unpaired) electrons. The lowest BCUT2D eigenvalue weighted by Crippen LogP contribution is -2.45. The zero-order valence-electron chi connectivity index (χ0n) is 12.6. The van der Waals surface area contributed by atoms with Gasteiger partial charge < -0.3 is 15.5 Å². The van der Waals surface area contributed by atoms with Gasteiger partial charge in [0.25, 0.3) is 0 Å². The average Bonchev–Trinajstić information content (AvgIpc) is 2.46. The van der Waals surface area contributed by atoms with E-state index in [9.17, 15) is 0 Å². The maximum absolute atomic E-state index is 7.92. The smallest absolute Gasteiger partial charge is 0.162 e. The average molecular weight is 276 g/mol. The summed E-state index contributed by atoms with van der Waals surface area (Å²) in [6.45, 7) is 7.94. The van der Waals surface area contributed by atoms with Gasteiger partial charge in [-0.1, -0.05) is 13.8 Å². The van der Waals surface area contributed by atoms with E-state index in [1.54, 1.807) is 0 Å². The van der Waals surface area contributed by atoms with Crippen molar-refractivity contribution in [2.24, 2.45) is 5.73 Å². The highest BCUT2D eigenvalue weighted by Gasteiger charge is 2.23. The third-order valence-corrected chi connectivity index (χ3v) is 3.90. The van der Waals surface area contributed by atoms with Gasteiger partial charge in [-0.25, -0.2) is 0 Å². The molecule has 1 aromatic rings. The molecule has 1 saturated heterocycles. The molecule has 0 amide bonds. The molecular weight excluding hydrogens is 252 g/mol. The number of aryl methyl sites for hydroxylation is 1. The number of hydrogen-bond acceptors (Lipinski definition) is 5. The Bertz CT molecular complexity index is 491. The molecule has 2 heterocycles. The van der Waals surface area contributed by atoms with Crippen LogP contribution in [0.1, 0.15) is 30.7 Å². The van der Waals surface area contributed by atoms with Gasteiger partial charge in [0.1, 0.15) is 5.84 Å². The number of nitrogens with two attached hydrogens (primary N) is 1. The molecule has 0 unspecified atom stereocenters. The number of nitrogens with one attached hydrogen (secondary N) is 1. The fourth-order valence-corrected chi connectivity index (χ4v) is 2.68. The molecule has 1 fully saturated rings. The number of amidine groups is 1. The first-order valence-corrected chi connectivity index (χ1v) is 7.24. The van der Waals surface area contributed by atoms with Crippen LogP contribution in [-0.4, -0.2) is 54.2 Å². The van der Waals surface area contributed by atoms with Crippen LogP contribution in [0.4, 0.5) is 5.82 Å². The molecule has 1 aromatic heterocycles. The van der Waals surface area contributed by atoms with Crippen molar-refractivity contribution in [3.05, 3.63) is 16.8 Å². The Morgan fingerprint density at radius 2 is 1.80 bits per heavy atom. The second-order valence-electron chi connectivity index (χ2n) is 5.23.